The quantitative estimate of drug-likeness (QED) is 0.288. The van der Waals surface area contributed by atoms with Gasteiger partial charge in [0.15, 0.2) is 0 Å². The first-order valence-electron chi connectivity index (χ1n) is 16.2. The zero-order valence-corrected chi connectivity index (χ0v) is 27.8. The molecule has 0 atom stereocenters. The van der Waals surface area contributed by atoms with E-state index in [1.165, 1.54) is 50.8 Å². The summed E-state index contributed by atoms with van der Waals surface area (Å²) in [5.41, 5.74) is 17.6. The number of hydrogen-bond acceptors (Lipinski definition) is 4. The molecule has 4 aliphatic rings. The van der Waals surface area contributed by atoms with Crippen LogP contribution in [0.25, 0.3) is 11.6 Å². The first-order valence-corrected chi connectivity index (χ1v) is 16.6. The summed E-state index contributed by atoms with van der Waals surface area (Å²) in [6.07, 6.45) is 12.3. The highest BCUT2D eigenvalue weighted by atomic mass is 35.5. The van der Waals surface area contributed by atoms with E-state index in [0.29, 0.717) is 5.03 Å². The molecule has 0 radical (unpaired) electrons. The number of rotatable bonds is 8. The smallest absolute Gasteiger partial charge is 0.0925 e. The fourth-order valence-electron chi connectivity index (χ4n) is 7.30. The maximum absolute atomic E-state index is 10.8. The average Bonchev–Trinajstić information content (AvgIpc) is 3.76. The van der Waals surface area contributed by atoms with Crippen molar-refractivity contribution in [1.82, 2.24) is 4.98 Å². The summed E-state index contributed by atoms with van der Waals surface area (Å²) in [4.78, 5) is 19.4. The van der Waals surface area contributed by atoms with Crippen molar-refractivity contribution in [3.63, 3.8) is 0 Å². The molecule has 0 amide bonds. The number of fused-ring (bicyclic) bond motifs is 5. The molecule has 8 bridgehead atoms. The van der Waals surface area contributed by atoms with Gasteiger partial charge >= 0.3 is 0 Å². The van der Waals surface area contributed by atoms with Gasteiger partial charge < -0.3 is 10.1 Å². The molecular weight excluding hydrogens is 552 g/mol. The molecule has 6 heteroatoms. The summed E-state index contributed by atoms with van der Waals surface area (Å²) in [6.45, 7) is 17.5. The van der Waals surface area contributed by atoms with Gasteiger partial charge in [-0.25, -0.2) is 15.0 Å². The van der Waals surface area contributed by atoms with Gasteiger partial charge in [-0.15, -0.1) is 0 Å². The molecule has 226 valence electrons. The third-order valence-electron chi connectivity index (χ3n) is 9.28. The largest absolute Gasteiger partial charge is 0.515 e. The summed E-state index contributed by atoms with van der Waals surface area (Å²) < 4.78 is 0. The number of H-pyrrole nitrogens is 1. The first kappa shape index (κ1) is 31.0. The number of aromatic amines is 1. The van der Waals surface area contributed by atoms with Crippen LogP contribution in [-0.2, 0) is 12.8 Å². The van der Waals surface area contributed by atoms with E-state index in [4.69, 9.17) is 26.6 Å². The minimum atomic E-state index is 0.633. The Morgan fingerprint density at radius 1 is 0.628 bits per heavy atom. The van der Waals surface area contributed by atoms with Gasteiger partial charge in [0.2, 0.25) is 0 Å². The highest BCUT2D eigenvalue weighted by Crippen LogP contribution is 2.43. The summed E-state index contributed by atoms with van der Waals surface area (Å²) in [5.74, 6) is 0. The topological polar surface area (TPSA) is 73.1 Å². The first-order chi connectivity index (χ1) is 20.8. The van der Waals surface area contributed by atoms with E-state index >= 15 is 0 Å². The second-order valence-electron chi connectivity index (χ2n) is 11.3. The van der Waals surface area contributed by atoms with Gasteiger partial charge in [0.1, 0.15) is 0 Å². The minimum absolute atomic E-state index is 0.633. The average molecular weight is 597 g/mol. The maximum Gasteiger partial charge on any atom is 0.0925 e. The molecule has 0 fully saturated rings. The molecule has 4 aliphatic heterocycles. The van der Waals surface area contributed by atoms with Crippen LogP contribution in [-0.4, -0.2) is 27.2 Å². The molecule has 5 rings (SSSR count). The molecule has 1 aromatic heterocycles. The van der Waals surface area contributed by atoms with Crippen LogP contribution in [0.5, 0.6) is 0 Å². The lowest BCUT2D eigenvalue weighted by Crippen LogP contribution is -2.07. The number of aliphatic hydroxyl groups is 1. The van der Waals surface area contributed by atoms with Crippen molar-refractivity contribution < 1.29 is 5.11 Å². The highest BCUT2D eigenvalue weighted by molar-refractivity contribution is 6.48. The lowest BCUT2D eigenvalue weighted by atomic mass is 9.91. The standard InChI is InChI=1S/C37H45ClN4O/c1-9-20-24(13-5)34-28(19-43)35-25(14-6)21(10-2)30(40-35)18-32-23(12-4)27(16-8)37(42-32)33(38)36-26(15-7)22(11-3)31(41-36)17-29(20)39-34/h17-19,39,43H,9-16H2,1-8H3/b28-19+,30-18?,31-17?,37-33?. The monoisotopic (exact) mass is 596 g/mol. The Morgan fingerprint density at radius 2 is 1.16 bits per heavy atom. The van der Waals surface area contributed by atoms with E-state index < -0.39 is 0 Å². The number of nitrogens with zero attached hydrogens (tertiary/aromatic N) is 3. The second kappa shape index (κ2) is 12.7. The van der Waals surface area contributed by atoms with E-state index in [1.54, 1.807) is 0 Å². The van der Waals surface area contributed by atoms with Crippen molar-refractivity contribution in [2.75, 3.05) is 0 Å². The van der Waals surface area contributed by atoms with Crippen molar-refractivity contribution >= 4 is 40.4 Å². The molecule has 5 heterocycles. The van der Waals surface area contributed by atoms with Gasteiger partial charge in [0.25, 0.3) is 0 Å². The fraction of sp³-hybridized carbons (Fsp3) is 0.432. The molecule has 0 saturated carbocycles. The SMILES string of the molecule is CCC1=C(CC)C2=NC1=Cc1[nH]c(c(CC)c1CC)/C(=C\O)C1=NC(=CC3=NC(=C2Cl)C(CC)=C3CC)C(CC)=C1CC. The van der Waals surface area contributed by atoms with Crippen LogP contribution in [0.4, 0.5) is 0 Å². The maximum atomic E-state index is 10.8. The molecule has 0 aromatic carbocycles. The van der Waals surface area contributed by atoms with Crippen molar-refractivity contribution in [3.8, 4) is 0 Å². The number of aliphatic imine (C=N–C) groups is 3. The molecule has 0 unspecified atom stereocenters. The third-order valence-corrected chi connectivity index (χ3v) is 9.64. The second-order valence-corrected chi connectivity index (χ2v) is 11.6. The number of allylic oxidation sites excluding steroid dienone is 9. The van der Waals surface area contributed by atoms with Crippen LogP contribution in [0.1, 0.15) is 116 Å². The lowest BCUT2D eigenvalue weighted by Gasteiger charge is -2.11. The molecule has 1 aromatic rings. The summed E-state index contributed by atoms with van der Waals surface area (Å²) in [7, 11) is 0. The predicted molar refractivity (Wildman–Crippen MR) is 184 cm³/mol. The fourth-order valence-corrected chi connectivity index (χ4v) is 7.61. The van der Waals surface area contributed by atoms with Crippen LogP contribution in [0.2, 0.25) is 0 Å². The Balaban J connectivity index is 1.94. The normalized spacial score (nSPS) is 19.6. The minimum Gasteiger partial charge on any atom is -0.515 e. The Bertz CT molecular complexity index is 1690. The van der Waals surface area contributed by atoms with E-state index in [-0.39, 0.29) is 0 Å². The van der Waals surface area contributed by atoms with Gasteiger partial charge in [0, 0.05) is 5.69 Å². The van der Waals surface area contributed by atoms with E-state index in [1.807, 2.05) is 0 Å². The van der Waals surface area contributed by atoms with Gasteiger partial charge in [-0.3, -0.25) is 0 Å². The Labute approximate surface area is 262 Å². The number of hydrogen-bond donors (Lipinski definition) is 2. The number of aromatic nitrogens is 1. The van der Waals surface area contributed by atoms with Crippen molar-refractivity contribution in [2.45, 2.75) is 107 Å². The molecule has 5 nitrogen and oxygen atoms in total. The van der Waals surface area contributed by atoms with Gasteiger partial charge in [-0.1, -0.05) is 67.0 Å². The third kappa shape index (κ3) is 4.90. The summed E-state index contributed by atoms with van der Waals surface area (Å²) in [6, 6.07) is 0. The van der Waals surface area contributed by atoms with Crippen molar-refractivity contribution in [1.29, 1.82) is 0 Å². The van der Waals surface area contributed by atoms with Crippen LogP contribution >= 0.6 is 11.6 Å². The highest BCUT2D eigenvalue weighted by Gasteiger charge is 2.33. The van der Waals surface area contributed by atoms with E-state index in [0.717, 1.165) is 103 Å². The molecule has 2 N–H and O–H groups in total. The zero-order chi connectivity index (χ0) is 31.0. The Morgan fingerprint density at radius 3 is 1.70 bits per heavy atom. The zero-order valence-electron chi connectivity index (χ0n) is 27.1. The number of nitrogens with one attached hydrogen (secondary N) is 1. The Kier molecular flexibility index (Phi) is 9.12. The van der Waals surface area contributed by atoms with Gasteiger partial charge in [-0.05, 0) is 108 Å². The predicted octanol–water partition coefficient (Wildman–Crippen LogP) is 10.4. The van der Waals surface area contributed by atoms with Gasteiger partial charge in [0.05, 0.1) is 56.8 Å². The van der Waals surface area contributed by atoms with Crippen molar-refractivity contribution in [2.24, 2.45) is 15.0 Å². The lowest BCUT2D eigenvalue weighted by molar-refractivity contribution is 0.476. The van der Waals surface area contributed by atoms with Crippen molar-refractivity contribution in [3.05, 3.63) is 90.4 Å². The Hall–Kier alpha value is -3.44. The van der Waals surface area contributed by atoms with Crippen LogP contribution in [0, 0.1) is 0 Å². The summed E-state index contributed by atoms with van der Waals surface area (Å²) in [5, 5.41) is 11.5. The number of halogens is 1. The summed E-state index contributed by atoms with van der Waals surface area (Å²) >= 11 is 7.34. The van der Waals surface area contributed by atoms with Crippen LogP contribution < -0.4 is 0 Å². The van der Waals surface area contributed by atoms with Gasteiger partial charge in [-0.2, -0.15) is 0 Å². The molecule has 0 aliphatic carbocycles. The van der Waals surface area contributed by atoms with Crippen LogP contribution in [0.15, 0.2) is 82.9 Å². The van der Waals surface area contributed by atoms with E-state index in [9.17, 15) is 5.11 Å². The van der Waals surface area contributed by atoms with Crippen LogP contribution in [0.3, 0.4) is 0 Å². The molecule has 0 saturated heterocycles. The molecular formula is C37H45ClN4O. The number of aliphatic hydroxyl groups excluding tert-OH is 1. The molecule has 0 spiro atoms. The van der Waals surface area contributed by atoms with E-state index in [2.05, 4.69) is 72.5 Å². The molecule has 43 heavy (non-hydrogen) atoms.